The van der Waals surface area contributed by atoms with E-state index in [1.165, 1.54) is 0 Å². The lowest BCUT2D eigenvalue weighted by atomic mass is 10.2. The van der Waals surface area contributed by atoms with Crippen LogP contribution < -0.4 is 11.0 Å². The lowest BCUT2D eigenvalue weighted by Crippen LogP contribution is -2.00. The van der Waals surface area contributed by atoms with E-state index in [9.17, 15) is 18.4 Å². The molecule has 82 valence electrons. The summed E-state index contributed by atoms with van der Waals surface area (Å²) in [6.45, 7) is 0. The molecule has 0 saturated carbocycles. The van der Waals surface area contributed by atoms with E-state index in [4.69, 9.17) is 5.11 Å². The summed E-state index contributed by atoms with van der Waals surface area (Å²) in [6, 6.07) is 2.01. The summed E-state index contributed by atoms with van der Waals surface area (Å²) in [5.74, 6) is -3.19. The zero-order valence-corrected chi connectivity index (χ0v) is 7.75. The Bertz CT molecular complexity index is 694. The molecule has 0 aliphatic rings. The van der Waals surface area contributed by atoms with Crippen molar-refractivity contribution in [2.75, 3.05) is 0 Å². The van der Waals surface area contributed by atoms with Crippen molar-refractivity contribution in [1.29, 1.82) is 0 Å². The minimum absolute atomic E-state index is 0.172. The Balaban J connectivity index is 3.10. The molecule has 0 spiro atoms. The zero-order chi connectivity index (χ0) is 11.9. The first-order valence-electron chi connectivity index (χ1n) is 4.24. The van der Waals surface area contributed by atoms with E-state index in [1.807, 2.05) is 0 Å². The first-order valence-corrected chi connectivity index (χ1v) is 4.24. The molecule has 0 aliphatic heterocycles. The molecular weight excluding hydrogens is 220 g/mol. The largest absolute Gasteiger partial charge is 0.503 e. The summed E-state index contributed by atoms with van der Waals surface area (Å²) in [5, 5.41) is 8.87. The van der Waals surface area contributed by atoms with Gasteiger partial charge in [0.25, 0.3) is 5.56 Å². The lowest BCUT2D eigenvalue weighted by molar-refractivity contribution is 0.468. The molecule has 1 heterocycles. The van der Waals surface area contributed by atoms with Gasteiger partial charge in [-0.3, -0.25) is 9.59 Å². The van der Waals surface area contributed by atoms with Gasteiger partial charge < -0.3 is 10.1 Å². The number of aromatic amines is 1. The Kier molecular flexibility index (Phi) is 2.19. The molecule has 0 atom stereocenters. The molecule has 0 bridgehead atoms. The maximum atomic E-state index is 12.9. The summed E-state index contributed by atoms with van der Waals surface area (Å²) in [6.07, 6.45) is 0. The highest BCUT2D eigenvalue weighted by atomic mass is 19.2. The Morgan fingerprint density at radius 3 is 2.38 bits per heavy atom. The second-order valence-electron chi connectivity index (χ2n) is 3.16. The first kappa shape index (κ1) is 10.3. The summed E-state index contributed by atoms with van der Waals surface area (Å²) in [4.78, 5) is 24.6. The van der Waals surface area contributed by atoms with Crippen LogP contribution in [0.1, 0.15) is 0 Å². The summed E-state index contributed by atoms with van der Waals surface area (Å²) >= 11 is 0. The number of rotatable bonds is 0. The van der Waals surface area contributed by atoms with Gasteiger partial charge in [-0.15, -0.1) is 0 Å². The maximum absolute atomic E-state index is 12.9. The normalized spacial score (nSPS) is 10.6. The van der Waals surface area contributed by atoms with Crippen LogP contribution in [0.15, 0.2) is 27.8 Å². The minimum Gasteiger partial charge on any atom is -0.503 e. The molecule has 0 saturated heterocycles. The van der Waals surface area contributed by atoms with E-state index >= 15 is 0 Å². The van der Waals surface area contributed by atoms with Gasteiger partial charge in [0.05, 0.1) is 5.52 Å². The van der Waals surface area contributed by atoms with Crippen LogP contribution in [-0.4, -0.2) is 10.1 Å². The number of H-pyrrole nitrogens is 1. The van der Waals surface area contributed by atoms with E-state index in [0.717, 1.165) is 0 Å². The standard InChI is InChI=1S/C10H5F2NO3/c11-5-1-4-7(2-6(5)12)13-10(16)9(15)3-8(4)14/h1-3,15H,(H,13,16). The molecule has 0 fully saturated rings. The molecule has 0 unspecified atom stereocenters. The maximum Gasteiger partial charge on any atom is 0.290 e. The van der Waals surface area contributed by atoms with Crippen molar-refractivity contribution in [1.82, 2.24) is 4.98 Å². The van der Waals surface area contributed by atoms with Gasteiger partial charge in [-0.25, -0.2) is 8.78 Å². The average Bonchev–Trinajstić information content (AvgIpc) is 2.30. The van der Waals surface area contributed by atoms with Crippen LogP contribution in [0.25, 0.3) is 10.9 Å². The fourth-order valence-corrected chi connectivity index (χ4v) is 1.31. The van der Waals surface area contributed by atoms with E-state index in [-0.39, 0.29) is 10.9 Å². The smallest absolute Gasteiger partial charge is 0.290 e. The summed E-state index contributed by atoms with van der Waals surface area (Å²) in [7, 11) is 0. The van der Waals surface area contributed by atoms with Crippen molar-refractivity contribution in [2.45, 2.75) is 0 Å². The van der Waals surface area contributed by atoms with Gasteiger partial charge in [0, 0.05) is 17.5 Å². The monoisotopic (exact) mass is 225 g/mol. The van der Waals surface area contributed by atoms with Gasteiger partial charge in [0.2, 0.25) is 0 Å². The number of aromatic hydroxyl groups is 1. The lowest BCUT2D eigenvalue weighted by Gasteiger charge is -1.93. The fraction of sp³-hybridized carbons (Fsp3) is 0. The van der Waals surface area contributed by atoms with Gasteiger partial charge in [-0.05, 0) is 6.07 Å². The number of fused-ring (bicyclic) bond motifs is 1. The molecular formula is C10H5F2NO3. The number of nitrogens with one attached hydrogen (secondary N) is 1. The molecule has 6 heteroatoms. The van der Waals surface area contributed by atoms with Crippen LogP contribution in [-0.2, 0) is 0 Å². The molecule has 2 N–H and O–H groups in total. The molecule has 2 aromatic rings. The minimum atomic E-state index is -1.20. The third kappa shape index (κ3) is 1.54. The second kappa shape index (κ2) is 3.41. The van der Waals surface area contributed by atoms with Crippen molar-refractivity contribution in [3.63, 3.8) is 0 Å². The molecule has 16 heavy (non-hydrogen) atoms. The molecule has 1 aromatic heterocycles. The second-order valence-corrected chi connectivity index (χ2v) is 3.16. The van der Waals surface area contributed by atoms with Crippen molar-refractivity contribution in [3.8, 4) is 5.75 Å². The highest BCUT2D eigenvalue weighted by Crippen LogP contribution is 2.12. The Morgan fingerprint density at radius 2 is 1.69 bits per heavy atom. The Hall–Kier alpha value is -2.24. The predicted molar refractivity (Wildman–Crippen MR) is 52.4 cm³/mol. The van der Waals surface area contributed by atoms with Gasteiger partial charge in [-0.1, -0.05) is 0 Å². The number of benzene rings is 1. The van der Waals surface area contributed by atoms with Gasteiger partial charge >= 0.3 is 0 Å². The van der Waals surface area contributed by atoms with Crippen molar-refractivity contribution in [3.05, 3.63) is 50.4 Å². The number of halogens is 2. The molecule has 4 nitrogen and oxygen atoms in total. The molecule has 0 radical (unpaired) electrons. The van der Waals surface area contributed by atoms with Crippen LogP contribution in [0.4, 0.5) is 8.78 Å². The van der Waals surface area contributed by atoms with Gasteiger partial charge in [0.1, 0.15) is 0 Å². The van der Waals surface area contributed by atoms with Crippen molar-refractivity contribution < 1.29 is 13.9 Å². The van der Waals surface area contributed by atoms with Gasteiger partial charge in [-0.2, -0.15) is 0 Å². The van der Waals surface area contributed by atoms with Crippen molar-refractivity contribution >= 4 is 10.9 Å². The van der Waals surface area contributed by atoms with E-state index in [2.05, 4.69) is 4.98 Å². The summed E-state index contributed by atoms with van der Waals surface area (Å²) < 4.78 is 25.8. The quantitative estimate of drug-likeness (QED) is 0.698. The van der Waals surface area contributed by atoms with E-state index in [0.29, 0.717) is 18.2 Å². The van der Waals surface area contributed by atoms with Crippen LogP contribution in [0.2, 0.25) is 0 Å². The predicted octanol–water partition coefficient (Wildman–Crippen LogP) is 0.872. The molecule has 0 amide bonds. The zero-order valence-electron chi connectivity index (χ0n) is 7.75. The molecule has 1 aromatic carbocycles. The third-order valence-electron chi connectivity index (χ3n) is 2.07. The third-order valence-corrected chi connectivity index (χ3v) is 2.07. The van der Waals surface area contributed by atoms with E-state index < -0.39 is 28.4 Å². The SMILES string of the molecule is O=c1[nH]c2cc(F)c(F)cc2c(=O)cc1O. The number of aromatic nitrogens is 1. The van der Waals surface area contributed by atoms with Crippen LogP contribution in [0.5, 0.6) is 5.75 Å². The van der Waals surface area contributed by atoms with Crippen LogP contribution in [0, 0.1) is 11.6 Å². The summed E-state index contributed by atoms with van der Waals surface area (Å²) in [5.41, 5.74) is -1.89. The van der Waals surface area contributed by atoms with Crippen molar-refractivity contribution in [2.24, 2.45) is 0 Å². The highest BCUT2D eigenvalue weighted by Gasteiger charge is 2.07. The van der Waals surface area contributed by atoms with Crippen LogP contribution >= 0.6 is 0 Å². The highest BCUT2D eigenvalue weighted by molar-refractivity contribution is 5.78. The number of hydrogen-bond acceptors (Lipinski definition) is 3. The van der Waals surface area contributed by atoms with Crippen LogP contribution in [0.3, 0.4) is 0 Å². The topological polar surface area (TPSA) is 70.2 Å². The van der Waals surface area contributed by atoms with E-state index in [1.54, 1.807) is 0 Å². The molecule has 0 aliphatic carbocycles. The first-order chi connectivity index (χ1) is 7.49. The van der Waals surface area contributed by atoms with Gasteiger partial charge in [0.15, 0.2) is 22.8 Å². The molecule has 2 rings (SSSR count). The Morgan fingerprint density at radius 1 is 1.06 bits per heavy atom. The number of hydrogen-bond donors (Lipinski definition) is 2. The fourth-order valence-electron chi connectivity index (χ4n) is 1.31. The average molecular weight is 225 g/mol. The Labute approximate surface area is 86.8 Å².